The van der Waals surface area contributed by atoms with Crippen LogP contribution < -0.4 is 34.9 Å². The predicted octanol–water partition coefficient (Wildman–Crippen LogP) is -1.34. The number of hydrogen-bond acceptors (Lipinski definition) is 16. The van der Waals surface area contributed by atoms with E-state index in [4.69, 9.17) is 4.42 Å². The van der Waals surface area contributed by atoms with Gasteiger partial charge in [0.05, 0.1) is 21.8 Å². The summed E-state index contributed by atoms with van der Waals surface area (Å²) >= 11 is 0.532. The summed E-state index contributed by atoms with van der Waals surface area (Å²) < 4.78 is 38.5. The molecule has 22 heteroatoms. The van der Waals surface area contributed by atoms with Crippen molar-refractivity contribution in [1.29, 1.82) is 0 Å². The van der Waals surface area contributed by atoms with Gasteiger partial charge in [0.2, 0.25) is 5.89 Å². The molecule has 3 rings (SSSR count). The van der Waals surface area contributed by atoms with Crippen molar-refractivity contribution in [3.05, 3.63) is 43.8 Å². The summed E-state index contributed by atoms with van der Waals surface area (Å²) in [6.07, 6.45) is -0.0378. The zero-order valence-electron chi connectivity index (χ0n) is 24.1. The van der Waals surface area contributed by atoms with Gasteiger partial charge in [-0.15, -0.1) is 15.3 Å². The third-order valence-electron chi connectivity index (χ3n) is 5.87. The van der Waals surface area contributed by atoms with Crippen LogP contribution in [0.1, 0.15) is 62.2 Å². The minimum atomic E-state index is -5.10. The molecule has 45 heavy (non-hydrogen) atoms. The van der Waals surface area contributed by atoms with Gasteiger partial charge in [-0.25, -0.2) is 13.2 Å². The third kappa shape index (κ3) is 10.3. The molecule has 0 radical (unpaired) electrons. The van der Waals surface area contributed by atoms with Crippen molar-refractivity contribution in [1.82, 2.24) is 20.6 Å². The Morgan fingerprint density at radius 1 is 1.13 bits per heavy atom. The van der Waals surface area contributed by atoms with Crippen LogP contribution in [0.15, 0.2) is 26.7 Å². The maximum Gasteiger partial charge on any atom is 1.00 e. The first kappa shape index (κ1) is 37.7. The second-order valence-corrected chi connectivity index (χ2v) is 12.3. The number of nitrogens with one attached hydrogen (secondary N) is 1. The molecule has 1 N–H and O–H groups in total. The van der Waals surface area contributed by atoms with E-state index in [1.807, 2.05) is 13.8 Å². The van der Waals surface area contributed by atoms with Crippen LogP contribution >= 0.6 is 11.8 Å². The quantitative estimate of drug-likeness (QED) is 0.0569. The van der Waals surface area contributed by atoms with Crippen molar-refractivity contribution in [3.8, 4) is 0 Å². The molecule has 238 valence electrons. The Kier molecular flexibility index (Phi) is 13.5. The SMILES string of the molecule is CC(C)Cc1nnc(Sc2c([N+](=O)[O-])cc(C(=O)NCCCCCC(=O)ON3C(=O)CC(S(=O)(=O)[O-])C3=O)cc2[N+](=O)[O-])o1.[Na+]. The predicted molar refractivity (Wildman–Crippen MR) is 144 cm³/mol. The number of nitrogens with zero attached hydrogens (tertiary/aromatic N) is 5. The Morgan fingerprint density at radius 3 is 2.29 bits per heavy atom. The van der Waals surface area contributed by atoms with Crippen LogP contribution in [-0.2, 0) is 35.8 Å². The van der Waals surface area contributed by atoms with E-state index in [2.05, 4.69) is 20.4 Å². The zero-order valence-corrected chi connectivity index (χ0v) is 27.8. The average molecular weight is 681 g/mol. The van der Waals surface area contributed by atoms with Gasteiger partial charge in [-0.1, -0.05) is 20.3 Å². The number of aromatic nitrogens is 2. The summed E-state index contributed by atoms with van der Waals surface area (Å²) in [7, 11) is -5.10. The number of hydroxylamine groups is 2. The van der Waals surface area contributed by atoms with Gasteiger partial charge in [0.1, 0.15) is 15.4 Å². The van der Waals surface area contributed by atoms with E-state index in [1.54, 1.807) is 0 Å². The number of amides is 3. The first-order valence-corrected chi connectivity index (χ1v) is 15.1. The molecule has 0 saturated carbocycles. The maximum absolute atomic E-state index is 12.7. The first-order chi connectivity index (χ1) is 20.6. The second kappa shape index (κ2) is 16.2. The van der Waals surface area contributed by atoms with Gasteiger partial charge in [-0.05, 0) is 30.5 Å². The minimum Gasteiger partial charge on any atom is -0.747 e. The molecule has 0 aliphatic carbocycles. The van der Waals surface area contributed by atoms with Gasteiger partial charge in [0.25, 0.3) is 34.3 Å². The largest absolute Gasteiger partial charge is 1.00 e. The molecule has 1 atom stereocenters. The molecule has 1 aromatic heterocycles. The van der Waals surface area contributed by atoms with E-state index < -0.39 is 71.6 Å². The minimum absolute atomic E-state index is 0. The van der Waals surface area contributed by atoms with Crippen molar-refractivity contribution in [2.75, 3.05) is 6.54 Å². The Morgan fingerprint density at radius 2 is 1.76 bits per heavy atom. The summed E-state index contributed by atoms with van der Waals surface area (Å²) in [4.78, 5) is 74.1. The fourth-order valence-corrected chi connectivity index (χ4v) is 5.39. The maximum atomic E-state index is 12.7. The normalized spacial score (nSPS) is 14.8. The van der Waals surface area contributed by atoms with Crippen molar-refractivity contribution in [3.63, 3.8) is 0 Å². The molecular weight excluding hydrogens is 655 g/mol. The van der Waals surface area contributed by atoms with Gasteiger partial charge in [0.15, 0.2) is 4.90 Å². The Balaban J connectivity index is 0.00000705. The molecule has 0 bridgehead atoms. The number of carbonyl (C=O) groups is 4. The van der Waals surface area contributed by atoms with Crippen molar-refractivity contribution >= 4 is 56.9 Å². The molecular formula is C23H25N6NaO13S2. The fraction of sp³-hybridized carbons (Fsp3) is 0.478. The fourth-order valence-electron chi connectivity index (χ4n) is 3.83. The van der Waals surface area contributed by atoms with Crippen LogP contribution in [0.25, 0.3) is 0 Å². The zero-order chi connectivity index (χ0) is 32.8. The Hall–Kier alpha value is -3.50. The monoisotopic (exact) mass is 680 g/mol. The van der Waals surface area contributed by atoms with E-state index in [9.17, 15) is 52.4 Å². The summed E-state index contributed by atoms with van der Waals surface area (Å²) in [6, 6.07) is 1.77. The van der Waals surface area contributed by atoms with Gasteiger partial charge >= 0.3 is 35.5 Å². The van der Waals surface area contributed by atoms with Crippen LogP contribution in [0.4, 0.5) is 11.4 Å². The number of carbonyl (C=O) groups excluding carboxylic acids is 4. The number of benzene rings is 1. The molecule has 1 aromatic carbocycles. The molecule has 1 unspecified atom stereocenters. The van der Waals surface area contributed by atoms with Crippen molar-refractivity contribution in [2.45, 2.75) is 67.7 Å². The number of hydrogen-bond donors (Lipinski definition) is 1. The number of rotatable bonds is 15. The summed E-state index contributed by atoms with van der Waals surface area (Å²) in [5.74, 6) is -4.03. The van der Waals surface area contributed by atoms with Crippen LogP contribution in [-0.4, -0.2) is 73.6 Å². The molecule has 0 spiro atoms. The van der Waals surface area contributed by atoms with Gasteiger partial charge in [0, 0.05) is 31.5 Å². The van der Waals surface area contributed by atoms with E-state index >= 15 is 0 Å². The second-order valence-electron chi connectivity index (χ2n) is 9.76. The molecule has 2 aromatic rings. The smallest absolute Gasteiger partial charge is 0.747 e. The summed E-state index contributed by atoms with van der Waals surface area (Å²) in [5.41, 5.74) is -1.78. The molecule has 1 aliphatic heterocycles. The van der Waals surface area contributed by atoms with Crippen molar-refractivity contribution in [2.24, 2.45) is 5.92 Å². The van der Waals surface area contributed by atoms with Gasteiger partial charge < -0.3 is 19.1 Å². The number of nitro benzene ring substituents is 2. The Bertz CT molecular complexity index is 1560. The Labute approximate surface area is 281 Å². The third-order valence-corrected chi connectivity index (χ3v) is 7.90. The molecule has 19 nitrogen and oxygen atoms in total. The molecule has 1 aliphatic rings. The standard InChI is InChI=1S/C23H26N6O13S2.Na/c1-12(2)8-17-25-26-23(41-17)43-20-14(28(34)35)9-13(10-15(20)29(36)37)21(32)24-7-5-3-4-6-19(31)42-27-18(30)11-16(22(27)33)44(38,39)40;/h9-10,12,16H,3-8,11H2,1-2H3,(H,24,32)(H,38,39,40);/q;+1/p-1. The van der Waals surface area contributed by atoms with Crippen LogP contribution in [0.2, 0.25) is 0 Å². The van der Waals surface area contributed by atoms with E-state index in [0.29, 0.717) is 24.6 Å². The topological polar surface area (TPSA) is 275 Å². The average Bonchev–Trinajstić information content (AvgIpc) is 3.48. The molecule has 1 saturated heterocycles. The number of imide groups is 1. The van der Waals surface area contributed by atoms with Gasteiger partial charge in [-0.3, -0.25) is 34.6 Å². The number of nitro groups is 2. The van der Waals surface area contributed by atoms with Gasteiger partial charge in [-0.2, -0.15) is 0 Å². The van der Waals surface area contributed by atoms with Crippen LogP contribution in [0.5, 0.6) is 0 Å². The summed E-state index contributed by atoms with van der Waals surface area (Å²) in [6.45, 7) is 3.82. The molecule has 1 fully saturated rings. The first-order valence-electron chi connectivity index (χ1n) is 12.9. The molecule has 3 amide bonds. The van der Waals surface area contributed by atoms with E-state index in [-0.39, 0.29) is 83.0 Å². The molecule has 2 heterocycles. The van der Waals surface area contributed by atoms with Crippen molar-refractivity contribution < 1.29 is 80.8 Å². The van der Waals surface area contributed by atoms with E-state index in [1.165, 1.54) is 0 Å². The number of unbranched alkanes of at least 4 members (excludes halogenated alkanes) is 2. The van der Waals surface area contributed by atoms with E-state index in [0.717, 1.165) is 12.1 Å². The van der Waals surface area contributed by atoms with Crippen LogP contribution in [0, 0.1) is 26.1 Å². The van der Waals surface area contributed by atoms with Crippen LogP contribution in [0.3, 0.4) is 0 Å². The summed E-state index contributed by atoms with van der Waals surface area (Å²) in [5, 5.41) is 31.2.